The molecule has 7 nitrogen and oxygen atoms in total. The summed E-state index contributed by atoms with van der Waals surface area (Å²) in [6, 6.07) is 10.0. The Hall–Kier alpha value is -2.74. The van der Waals surface area contributed by atoms with Crippen LogP contribution in [0.5, 0.6) is 11.5 Å². The standard InChI is InChI=1S/C16H17NO6S/c1-3-23-12-6-4-11(5-7-12)17-24(20,21)13-8-9-15(22-2)14(10-13)16(18)19/h4-10,17H,3H2,1-2H3,(H,18,19). The summed E-state index contributed by atoms with van der Waals surface area (Å²) in [5.41, 5.74) is 0.109. The van der Waals surface area contributed by atoms with Crippen LogP contribution in [0.3, 0.4) is 0 Å². The largest absolute Gasteiger partial charge is 0.496 e. The van der Waals surface area contributed by atoms with E-state index >= 15 is 0 Å². The summed E-state index contributed by atoms with van der Waals surface area (Å²) in [4.78, 5) is 11.0. The summed E-state index contributed by atoms with van der Waals surface area (Å²) in [6.07, 6.45) is 0. The highest BCUT2D eigenvalue weighted by atomic mass is 32.2. The molecule has 2 aromatic rings. The summed E-state index contributed by atoms with van der Waals surface area (Å²) in [5, 5.41) is 9.15. The van der Waals surface area contributed by atoms with Crippen molar-refractivity contribution in [3.8, 4) is 11.5 Å². The van der Waals surface area contributed by atoms with Crippen LogP contribution in [0.25, 0.3) is 0 Å². The Morgan fingerprint density at radius 3 is 2.38 bits per heavy atom. The normalized spacial score (nSPS) is 10.9. The number of carboxylic acid groups (broad SMARTS) is 1. The molecule has 2 rings (SSSR count). The maximum absolute atomic E-state index is 12.4. The van der Waals surface area contributed by atoms with Gasteiger partial charge in [0.05, 0.1) is 18.6 Å². The molecule has 0 aromatic heterocycles. The van der Waals surface area contributed by atoms with Crippen molar-refractivity contribution in [2.45, 2.75) is 11.8 Å². The lowest BCUT2D eigenvalue weighted by molar-refractivity contribution is 0.0693. The van der Waals surface area contributed by atoms with Crippen LogP contribution in [0, 0.1) is 0 Å². The van der Waals surface area contributed by atoms with Crippen LogP contribution >= 0.6 is 0 Å². The van der Waals surface area contributed by atoms with Crippen molar-refractivity contribution in [3.63, 3.8) is 0 Å². The van der Waals surface area contributed by atoms with Crippen LogP contribution in [0.2, 0.25) is 0 Å². The first-order valence-electron chi connectivity index (χ1n) is 7.04. The van der Waals surface area contributed by atoms with E-state index < -0.39 is 16.0 Å². The molecule has 2 N–H and O–H groups in total. The van der Waals surface area contributed by atoms with Crippen LogP contribution in [-0.2, 0) is 10.0 Å². The van der Waals surface area contributed by atoms with Crippen LogP contribution in [-0.4, -0.2) is 33.2 Å². The fourth-order valence-corrected chi connectivity index (χ4v) is 3.11. The van der Waals surface area contributed by atoms with Gasteiger partial charge in [0.1, 0.15) is 17.1 Å². The molecule has 0 spiro atoms. The molecule has 0 atom stereocenters. The molecule has 0 fully saturated rings. The Labute approximate surface area is 139 Å². The first kappa shape index (κ1) is 17.6. The number of hydrogen-bond donors (Lipinski definition) is 2. The number of aromatic carboxylic acids is 1. The van der Waals surface area contributed by atoms with Gasteiger partial charge < -0.3 is 14.6 Å². The zero-order chi connectivity index (χ0) is 17.7. The Morgan fingerprint density at radius 1 is 1.17 bits per heavy atom. The SMILES string of the molecule is CCOc1ccc(NS(=O)(=O)c2ccc(OC)c(C(=O)O)c2)cc1. The van der Waals surface area contributed by atoms with Gasteiger partial charge in [0.2, 0.25) is 0 Å². The Morgan fingerprint density at radius 2 is 1.83 bits per heavy atom. The molecule has 0 amide bonds. The predicted molar refractivity (Wildman–Crippen MR) is 88.4 cm³/mol. The quantitative estimate of drug-likeness (QED) is 0.795. The van der Waals surface area contributed by atoms with Gasteiger partial charge in [-0.3, -0.25) is 4.72 Å². The van der Waals surface area contributed by atoms with E-state index in [1.807, 2.05) is 6.92 Å². The van der Waals surface area contributed by atoms with Gasteiger partial charge in [-0.25, -0.2) is 13.2 Å². The lowest BCUT2D eigenvalue weighted by Crippen LogP contribution is -2.14. The van der Waals surface area contributed by atoms with Gasteiger partial charge in [0.25, 0.3) is 10.0 Å². The summed E-state index contributed by atoms with van der Waals surface area (Å²) >= 11 is 0. The first-order valence-corrected chi connectivity index (χ1v) is 8.52. The topological polar surface area (TPSA) is 102 Å². The van der Waals surface area contributed by atoms with Crippen LogP contribution in [0.4, 0.5) is 5.69 Å². The number of nitrogens with one attached hydrogen (secondary N) is 1. The lowest BCUT2D eigenvalue weighted by atomic mass is 10.2. The third-order valence-corrected chi connectivity index (χ3v) is 4.51. The van der Waals surface area contributed by atoms with Crippen molar-refractivity contribution < 1.29 is 27.8 Å². The third-order valence-electron chi connectivity index (χ3n) is 3.13. The minimum Gasteiger partial charge on any atom is -0.496 e. The van der Waals surface area contributed by atoms with Crippen molar-refractivity contribution in [1.29, 1.82) is 0 Å². The van der Waals surface area contributed by atoms with Gasteiger partial charge in [-0.1, -0.05) is 0 Å². The van der Waals surface area contributed by atoms with Crippen molar-refractivity contribution in [1.82, 2.24) is 0 Å². The minimum absolute atomic E-state index is 0.0857. The van der Waals surface area contributed by atoms with Crippen molar-refractivity contribution in [2.24, 2.45) is 0 Å². The summed E-state index contributed by atoms with van der Waals surface area (Å²) < 4.78 is 37.4. The van der Waals surface area contributed by atoms with E-state index in [4.69, 9.17) is 14.6 Å². The van der Waals surface area contributed by atoms with Gasteiger partial charge in [-0.05, 0) is 49.4 Å². The fourth-order valence-electron chi connectivity index (χ4n) is 2.02. The molecule has 0 bridgehead atoms. The Kier molecular flexibility index (Phi) is 5.30. The van der Waals surface area contributed by atoms with E-state index in [1.54, 1.807) is 24.3 Å². The maximum atomic E-state index is 12.4. The molecule has 8 heteroatoms. The molecule has 0 radical (unpaired) electrons. The van der Waals surface area contributed by atoms with Crippen molar-refractivity contribution in [2.75, 3.05) is 18.4 Å². The number of methoxy groups -OCH3 is 1. The number of hydrogen-bond acceptors (Lipinski definition) is 5. The molecule has 0 aliphatic rings. The molecule has 0 heterocycles. The van der Waals surface area contributed by atoms with Gasteiger partial charge >= 0.3 is 5.97 Å². The number of carboxylic acids is 1. The predicted octanol–water partition coefficient (Wildman–Crippen LogP) is 2.59. The Balaban J connectivity index is 2.30. The zero-order valence-corrected chi connectivity index (χ0v) is 14.0. The van der Waals surface area contributed by atoms with E-state index in [0.29, 0.717) is 18.0 Å². The summed E-state index contributed by atoms with van der Waals surface area (Å²) in [7, 11) is -2.62. The van der Waals surface area contributed by atoms with Crippen LogP contribution in [0.1, 0.15) is 17.3 Å². The monoisotopic (exact) mass is 351 g/mol. The maximum Gasteiger partial charge on any atom is 0.339 e. The van der Waals surface area contributed by atoms with E-state index in [-0.39, 0.29) is 16.2 Å². The second kappa shape index (κ2) is 7.22. The molecule has 0 aliphatic carbocycles. The third kappa shape index (κ3) is 3.96. The number of benzene rings is 2. The van der Waals surface area contributed by atoms with Gasteiger partial charge in [-0.2, -0.15) is 0 Å². The number of ether oxygens (including phenoxy) is 2. The second-order valence-electron chi connectivity index (χ2n) is 4.73. The van der Waals surface area contributed by atoms with E-state index in [2.05, 4.69) is 4.72 Å². The highest BCUT2D eigenvalue weighted by Crippen LogP contribution is 2.24. The molecule has 24 heavy (non-hydrogen) atoms. The second-order valence-corrected chi connectivity index (χ2v) is 6.41. The molecular formula is C16H17NO6S. The molecule has 0 unspecified atom stereocenters. The fraction of sp³-hybridized carbons (Fsp3) is 0.188. The van der Waals surface area contributed by atoms with Crippen LogP contribution < -0.4 is 14.2 Å². The van der Waals surface area contributed by atoms with E-state index in [1.165, 1.54) is 19.2 Å². The highest BCUT2D eigenvalue weighted by Gasteiger charge is 2.19. The van der Waals surface area contributed by atoms with Crippen molar-refractivity contribution in [3.05, 3.63) is 48.0 Å². The average Bonchev–Trinajstić information content (AvgIpc) is 2.56. The van der Waals surface area contributed by atoms with Gasteiger partial charge in [-0.15, -0.1) is 0 Å². The molecule has 0 aliphatic heterocycles. The minimum atomic E-state index is -3.93. The lowest BCUT2D eigenvalue weighted by Gasteiger charge is -2.11. The van der Waals surface area contributed by atoms with Gasteiger partial charge in [0, 0.05) is 5.69 Å². The number of sulfonamides is 1. The zero-order valence-electron chi connectivity index (χ0n) is 13.1. The highest BCUT2D eigenvalue weighted by molar-refractivity contribution is 7.92. The number of anilines is 1. The Bertz CT molecular complexity index is 830. The average molecular weight is 351 g/mol. The summed E-state index contributed by atoms with van der Waals surface area (Å²) in [5.74, 6) is -0.564. The van der Waals surface area contributed by atoms with Crippen LogP contribution in [0.15, 0.2) is 47.4 Å². The number of carbonyl (C=O) groups is 1. The smallest absolute Gasteiger partial charge is 0.339 e. The van der Waals surface area contributed by atoms with E-state index in [9.17, 15) is 13.2 Å². The first-order chi connectivity index (χ1) is 11.4. The van der Waals surface area contributed by atoms with Gasteiger partial charge in [0.15, 0.2) is 0 Å². The molecule has 128 valence electrons. The molecule has 0 saturated carbocycles. The number of rotatable bonds is 7. The molecule has 2 aromatic carbocycles. The molecule has 0 saturated heterocycles. The van der Waals surface area contributed by atoms with Crippen molar-refractivity contribution >= 4 is 21.7 Å². The summed E-state index contributed by atoms with van der Waals surface area (Å²) in [6.45, 7) is 2.36. The molecular weight excluding hydrogens is 334 g/mol. The van der Waals surface area contributed by atoms with E-state index in [0.717, 1.165) is 6.07 Å².